The fraction of sp³-hybridized carbons (Fsp3) is 0.625. The van der Waals surface area contributed by atoms with E-state index in [1.54, 1.807) is 0 Å². The minimum atomic E-state index is -3.80. The summed E-state index contributed by atoms with van der Waals surface area (Å²) >= 11 is 0.784. The maximum atomic E-state index is 12.3. The van der Waals surface area contributed by atoms with Crippen molar-refractivity contribution in [1.29, 1.82) is 0 Å². The Morgan fingerprint density at radius 1 is 1.58 bits per heavy atom. The molecule has 11 heteroatoms. The molecule has 1 aliphatic rings. The number of nitrogens with one attached hydrogen (secondary N) is 1. The zero-order chi connectivity index (χ0) is 14.0. The predicted octanol–water partition coefficient (Wildman–Crippen LogP) is -1.20. The van der Waals surface area contributed by atoms with Gasteiger partial charge in [0.05, 0.1) is 19.4 Å². The van der Waals surface area contributed by atoms with Gasteiger partial charge in [0.15, 0.2) is 0 Å². The SMILES string of the molecule is CC(=O)Nc1nnc(S(=O)(=O)N2CCOCC2N)s1. The highest BCUT2D eigenvalue weighted by Gasteiger charge is 2.34. The topological polar surface area (TPSA) is 128 Å². The maximum Gasteiger partial charge on any atom is 0.273 e. The number of amides is 1. The minimum absolute atomic E-state index is 0.132. The molecule has 1 unspecified atom stereocenters. The largest absolute Gasteiger partial charge is 0.377 e. The molecular formula is C8H13N5O4S2. The molecule has 0 spiro atoms. The Balaban J connectivity index is 2.23. The molecule has 1 aromatic heterocycles. The first-order valence-electron chi connectivity index (χ1n) is 5.37. The van der Waals surface area contributed by atoms with Crippen LogP contribution in [0.2, 0.25) is 0 Å². The fourth-order valence-corrected chi connectivity index (χ4v) is 4.07. The standard InChI is InChI=1S/C8H13N5O4S2/c1-5(14)10-7-11-12-8(18-7)19(15,16)13-2-3-17-4-6(13)9/h6H,2-4,9H2,1H3,(H,10,11,14). The normalized spacial score (nSPS) is 21.3. The van der Waals surface area contributed by atoms with E-state index in [0.29, 0.717) is 0 Å². The van der Waals surface area contributed by atoms with Gasteiger partial charge in [0.2, 0.25) is 15.4 Å². The van der Waals surface area contributed by atoms with Crippen molar-refractivity contribution >= 4 is 32.4 Å². The molecule has 1 aromatic rings. The number of morpholine rings is 1. The van der Waals surface area contributed by atoms with Gasteiger partial charge in [0, 0.05) is 13.5 Å². The molecule has 3 N–H and O–H groups in total. The predicted molar refractivity (Wildman–Crippen MR) is 66.9 cm³/mol. The van der Waals surface area contributed by atoms with Crippen molar-refractivity contribution in [3.63, 3.8) is 0 Å². The summed E-state index contributed by atoms with van der Waals surface area (Å²) in [5.41, 5.74) is 5.70. The van der Waals surface area contributed by atoms with Gasteiger partial charge in [-0.05, 0) is 0 Å². The van der Waals surface area contributed by atoms with Crippen molar-refractivity contribution in [1.82, 2.24) is 14.5 Å². The number of aromatic nitrogens is 2. The van der Waals surface area contributed by atoms with Crippen LogP contribution in [0.1, 0.15) is 6.92 Å². The van der Waals surface area contributed by atoms with Gasteiger partial charge in [-0.1, -0.05) is 11.3 Å². The number of anilines is 1. The molecule has 0 aromatic carbocycles. The van der Waals surface area contributed by atoms with E-state index in [1.165, 1.54) is 6.92 Å². The first kappa shape index (κ1) is 14.3. The summed E-state index contributed by atoms with van der Waals surface area (Å²) in [6.07, 6.45) is -0.744. The Hall–Kier alpha value is -1.14. The summed E-state index contributed by atoms with van der Waals surface area (Å²) < 4.78 is 30.6. The van der Waals surface area contributed by atoms with Gasteiger partial charge >= 0.3 is 0 Å². The summed E-state index contributed by atoms with van der Waals surface area (Å²) in [7, 11) is -3.80. The van der Waals surface area contributed by atoms with Crippen LogP contribution < -0.4 is 11.1 Å². The number of carbonyl (C=O) groups is 1. The second-order valence-corrected chi connectivity index (χ2v) is 6.85. The summed E-state index contributed by atoms with van der Waals surface area (Å²) in [4.78, 5) is 10.9. The zero-order valence-corrected chi connectivity index (χ0v) is 11.7. The van der Waals surface area contributed by atoms with E-state index in [0.717, 1.165) is 15.6 Å². The molecule has 1 atom stereocenters. The summed E-state index contributed by atoms with van der Waals surface area (Å²) in [6.45, 7) is 1.88. The van der Waals surface area contributed by atoms with Crippen LogP contribution in [0, 0.1) is 0 Å². The molecular weight excluding hydrogens is 294 g/mol. The summed E-state index contributed by atoms with van der Waals surface area (Å²) in [5.74, 6) is -0.344. The van der Waals surface area contributed by atoms with Gasteiger partial charge in [0.25, 0.3) is 10.0 Å². The van der Waals surface area contributed by atoms with Crippen molar-refractivity contribution in [3.8, 4) is 0 Å². The smallest absolute Gasteiger partial charge is 0.273 e. The lowest BCUT2D eigenvalue weighted by Crippen LogP contribution is -2.53. The number of ether oxygens (including phenoxy) is 1. The van der Waals surface area contributed by atoms with Gasteiger partial charge in [-0.3, -0.25) is 4.79 Å². The average Bonchev–Trinajstić information content (AvgIpc) is 2.77. The van der Waals surface area contributed by atoms with Gasteiger partial charge in [-0.25, -0.2) is 8.42 Å². The molecule has 2 heterocycles. The number of rotatable bonds is 3. The third kappa shape index (κ3) is 3.06. The molecule has 0 bridgehead atoms. The molecule has 1 amide bonds. The van der Waals surface area contributed by atoms with E-state index in [-0.39, 0.29) is 35.1 Å². The van der Waals surface area contributed by atoms with Crippen LogP contribution in [0.5, 0.6) is 0 Å². The lowest BCUT2D eigenvalue weighted by atomic mass is 10.4. The Bertz CT molecular complexity index is 571. The van der Waals surface area contributed by atoms with Crippen LogP contribution in [0.25, 0.3) is 0 Å². The number of hydrogen-bond donors (Lipinski definition) is 2. The first-order valence-corrected chi connectivity index (χ1v) is 7.63. The number of nitrogens with zero attached hydrogens (tertiary/aromatic N) is 3. The van der Waals surface area contributed by atoms with Crippen LogP contribution in [0.15, 0.2) is 4.34 Å². The lowest BCUT2D eigenvalue weighted by Gasteiger charge is -2.30. The number of nitrogens with two attached hydrogens (primary N) is 1. The molecule has 106 valence electrons. The van der Waals surface area contributed by atoms with E-state index < -0.39 is 16.2 Å². The number of hydrogen-bond acceptors (Lipinski definition) is 8. The first-order chi connectivity index (χ1) is 8.91. The van der Waals surface area contributed by atoms with E-state index in [2.05, 4.69) is 15.5 Å². The van der Waals surface area contributed by atoms with E-state index in [1.807, 2.05) is 0 Å². The summed E-state index contributed by atoms with van der Waals surface area (Å²) in [6, 6.07) is 0. The van der Waals surface area contributed by atoms with Crippen molar-refractivity contribution in [2.45, 2.75) is 17.4 Å². The highest BCUT2D eigenvalue weighted by Crippen LogP contribution is 2.24. The van der Waals surface area contributed by atoms with Gasteiger partial charge in [-0.2, -0.15) is 4.31 Å². The monoisotopic (exact) mass is 307 g/mol. The Morgan fingerprint density at radius 3 is 2.95 bits per heavy atom. The maximum absolute atomic E-state index is 12.3. The Labute approximate surface area is 113 Å². The molecule has 1 fully saturated rings. The van der Waals surface area contributed by atoms with Gasteiger partial charge in [-0.15, -0.1) is 10.2 Å². The Morgan fingerprint density at radius 2 is 2.32 bits per heavy atom. The van der Waals surface area contributed by atoms with Crippen molar-refractivity contribution in [2.24, 2.45) is 5.73 Å². The summed E-state index contributed by atoms with van der Waals surface area (Å²) in [5, 5.41) is 9.69. The third-order valence-corrected chi connectivity index (χ3v) is 5.44. The van der Waals surface area contributed by atoms with Crippen LogP contribution in [-0.2, 0) is 19.6 Å². The molecule has 1 saturated heterocycles. The highest BCUT2D eigenvalue weighted by atomic mass is 32.2. The molecule has 9 nitrogen and oxygen atoms in total. The minimum Gasteiger partial charge on any atom is -0.377 e. The van der Waals surface area contributed by atoms with Crippen molar-refractivity contribution in [2.75, 3.05) is 25.1 Å². The number of carbonyl (C=O) groups excluding carboxylic acids is 1. The van der Waals surface area contributed by atoms with Crippen LogP contribution in [-0.4, -0.2) is 54.8 Å². The Kier molecular flexibility index (Phi) is 4.10. The van der Waals surface area contributed by atoms with Crippen molar-refractivity contribution in [3.05, 3.63) is 0 Å². The van der Waals surface area contributed by atoms with Crippen LogP contribution in [0.3, 0.4) is 0 Å². The highest BCUT2D eigenvalue weighted by molar-refractivity contribution is 7.91. The van der Waals surface area contributed by atoms with E-state index in [9.17, 15) is 13.2 Å². The van der Waals surface area contributed by atoms with Crippen LogP contribution >= 0.6 is 11.3 Å². The second-order valence-electron chi connectivity index (χ2n) is 3.81. The third-order valence-electron chi connectivity index (χ3n) is 2.33. The van der Waals surface area contributed by atoms with Gasteiger partial charge < -0.3 is 15.8 Å². The van der Waals surface area contributed by atoms with E-state index >= 15 is 0 Å². The van der Waals surface area contributed by atoms with E-state index in [4.69, 9.17) is 10.5 Å². The fourth-order valence-electron chi connectivity index (χ4n) is 1.52. The molecule has 0 aliphatic carbocycles. The lowest BCUT2D eigenvalue weighted by molar-refractivity contribution is -0.114. The molecule has 19 heavy (non-hydrogen) atoms. The van der Waals surface area contributed by atoms with Crippen molar-refractivity contribution < 1.29 is 17.9 Å². The quantitative estimate of drug-likeness (QED) is 0.671. The second kappa shape index (κ2) is 5.46. The number of sulfonamides is 1. The average molecular weight is 307 g/mol. The van der Waals surface area contributed by atoms with Crippen LogP contribution in [0.4, 0.5) is 5.13 Å². The molecule has 0 radical (unpaired) electrons. The van der Waals surface area contributed by atoms with Gasteiger partial charge in [0.1, 0.15) is 0 Å². The zero-order valence-electron chi connectivity index (χ0n) is 10.1. The molecule has 1 aliphatic heterocycles. The molecule has 2 rings (SSSR count). The molecule has 0 saturated carbocycles.